The second-order valence-corrected chi connectivity index (χ2v) is 8.60. The van der Waals surface area contributed by atoms with Crippen molar-refractivity contribution < 1.29 is 22.9 Å². The van der Waals surface area contributed by atoms with E-state index in [1.54, 1.807) is 38.3 Å². The minimum Gasteiger partial charge on any atom is -0.497 e. The van der Waals surface area contributed by atoms with E-state index >= 15 is 0 Å². The minimum atomic E-state index is -4.07. The molecule has 1 aromatic heterocycles. The zero-order valence-corrected chi connectivity index (χ0v) is 18.7. The van der Waals surface area contributed by atoms with Crippen LogP contribution in [0.5, 0.6) is 5.75 Å². The van der Waals surface area contributed by atoms with Gasteiger partial charge in [-0.25, -0.2) is 17.8 Å². The van der Waals surface area contributed by atoms with Crippen molar-refractivity contribution >= 4 is 21.6 Å². The van der Waals surface area contributed by atoms with Crippen LogP contribution in [0.2, 0.25) is 0 Å². The quantitative estimate of drug-likeness (QED) is 0.255. The first kappa shape index (κ1) is 23.8. The Morgan fingerprint density at radius 2 is 1.94 bits per heavy atom. The van der Waals surface area contributed by atoms with Crippen molar-refractivity contribution in [3.8, 4) is 11.4 Å². The molecule has 0 saturated carbocycles. The van der Waals surface area contributed by atoms with Crippen LogP contribution in [0.3, 0.4) is 0 Å². The summed E-state index contributed by atoms with van der Waals surface area (Å²) in [5, 5.41) is 21.7. The van der Waals surface area contributed by atoms with E-state index in [-0.39, 0.29) is 25.2 Å². The van der Waals surface area contributed by atoms with E-state index in [4.69, 9.17) is 4.74 Å². The molecule has 13 heteroatoms. The van der Waals surface area contributed by atoms with Crippen LogP contribution in [0, 0.1) is 17.0 Å². The van der Waals surface area contributed by atoms with Crippen molar-refractivity contribution in [2.45, 2.75) is 18.2 Å². The summed E-state index contributed by atoms with van der Waals surface area (Å²) in [5.41, 5.74) is 0.840. The number of benzene rings is 2. The third-order valence-corrected chi connectivity index (χ3v) is 6.20. The number of methoxy groups -OCH3 is 1. The van der Waals surface area contributed by atoms with Gasteiger partial charge in [-0.15, -0.1) is 5.10 Å². The van der Waals surface area contributed by atoms with Gasteiger partial charge in [-0.2, -0.15) is 0 Å². The number of carbonyl (C=O) groups excluding carboxylic acids is 1. The standard InChI is InChI=1S/C20H22N6O6S/c1-14-19(23-24-25(14)15-7-5-8-16(13-15)32-2)20(27)21-11-6-12-22-33(30,31)18-10-4-3-9-17(18)26(28)29/h3-5,7-10,13,22H,6,11-12H2,1-2H3,(H,21,27). The first-order valence-electron chi connectivity index (χ1n) is 9.82. The maximum Gasteiger partial charge on any atom is 0.289 e. The number of aromatic nitrogens is 3. The molecule has 0 bridgehead atoms. The van der Waals surface area contributed by atoms with Gasteiger partial charge in [0.25, 0.3) is 11.6 Å². The molecule has 0 atom stereocenters. The molecule has 3 rings (SSSR count). The van der Waals surface area contributed by atoms with Crippen LogP contribution in [0.25, 0.3) is 5.69 Å². The number of amides is 1. The molecule has 0 saturated heterocycles. The van der Waals surface area contributed by atoms with E-state index in [0.29, 0.717) is 17.1 Å². The number of hydrogen-bond acceptors (Lipinski definition) is 8. The molecule has 0 unspecified atom stereocenters. The summed E-state index contributed by atoms with van der Waals surface area (Å²) >= 11 is 0. The first-order chi connectivity index (χ1) is 15.7. The zero-order valence-electron chi connectivity index (χ0n) is 17.9. The molecule has 0 aliphatic heterocycles. The van der Waals surface area contributed by atoms with Crippen LogP contribution in [0.15, 0.2) is 53.4 Å². The van der Waals surface area contributed by atoms with Gasteiger partial charge < -0.3 is 10.1 Å². The lowest BCUT2D eigenvalue weighted by atomic mass is 10.2. The molecule has 2 aromatic carbocycles. The molecule has 0 radical (unpaired) electrons. The normalized spacial score (nSPS) is 11.2. The van der Waals surface area contributed by atoms with Crippen molar-refractivity contribution in [2.24, 2.45) is 0 Å². The van der Waals surface area contributed by atoms with Gasteiger partial charge in [0.15, 0.2) is 10.6 Å². The van der Waals surface area contributed by atoms with Gasteiger partial charge in [0, 0.05) is 25.2 Å². The predicted octanol–water partition coefficient (Wildman–Crippen LogP) is 1.59. The van der Waals surface area contributed by atoms with Gasteiger partial charge in [-0.1, -0.05) is 23.4 Å². The molecule has 0 spiro atoms. The number of sulfonamides is 1. The summed E-state index contributed by atoms with van der Waals surface area (Å²) in [7, 11) is -2.52. The van der Waals surface area contributed by atoms with Crippen LogP contribution in [-0.2, 0) is 10.0 Å². The Hall–Kier alpha value is -3.84. The molecule has 33 heavy (non-hydrogen) atoms. The molecular weight excluding hydrogens is 452 g/mol. The Balaban J connectivity index is 1.55. The number of nitro groups is 1. The van der Waals surface area contributed by atoms with Crippen LogP contribution in [0.4, 0.5) is 5.69 Å². The van der Waals surface area contributed by atoms with Crippen LogP contribution < -0.4 is 14.8 Å². The number of nitrogens with one attached hydrogen (secondary N) is 2. The van der Waals surface area contributed by atoms with Crippen LogP contribution >= 0.6 is 0 Å². The van der Waals surface area contributed by atoms with Gasteiger partial charge in [-0.05, 0) is 31.5 Å². The largest absolute Gasteiger partial charge is 0.497 e. The van der Waals surface area contributed by atoms with Crippen molar-refractivity contribution in [3.63, 3.8) is 0 Å². The van der Waals surface area contributed by atoms with Crippen molar-refractivity contribution in [2.75, 3.05) is 20.2 Å². The number of nitrogens with zero attached hydrogens (tertiary/aromatic N) is 4. The third-order valence-electron chi connectivity index (χ3n) is 4.69. The summed E-state index contributed by atoms with van der Waals surface area (Å²) in [5.74, 6) is 0.180. The lowest BCUT2D eigenvalue weighted by molar-refractivity contribution is -0.387. The van der Waals surface area contributed by atoms with Gasteiger partial charge >= 0.3 is 0 Å². The highest BCUT2D eigenvalue weighted by Crippen LogP contribution is 2.22. The Bertz CT molecular complexity index is 1270. The molecule has 174 valence electrons. The average molecular weight is 474 g/mol. The van der Waals surface area contributed by atoms with E-state index in [0.717, 1.165) is 12.1 Å². The molecule has 0 fully saturated rings. The Labute approximate surface area is 189 Å². The molecule has 1 amide bonds. The average Bonchev–Trinajstić information content (AvgIpc) is 3.20. The van der Waals surface area contributed by atoms with E-state index in [1.165, 1.54) is 16.8 Å². The molecule has 1 heterocycles. The van der Waals surface area contributed by atoms with E-state index in [2.05, 4.69) is 20.4 Å². The van der Waals surface area contributed by atoms with Crippen molar-refractivity contribution in [1.29, 1.82) is 0 Å². The number of hydrogen-bond donors (Lipinski definition) is 2. The Kier molecular flexibility index (Phi) is 7.35. The lowest BCUT2D eigenvalue weighted by Crippen LogP contribution is -2.30. The summed E-state index contributed by atoms with van der Waals surface area (Å²) in [6, 6.07) is 12.2. The molecule has 0 aliphatic carbocycles. The molecule has 2 N–H and O–H groups in total. The third kappa shape index (κ3) is 5.51. The first-order valence-corrected chi connectivity index (χ1v) is 11.3. The van der Waals surface area contributed by atoms with Crippen LogP contribution in [-0.4, -0.2) is 54.4 Å². The summed E-state index contributed by atoms with van der Waals surface area (Å²) in [6.45, 7) is 1.84. The van der Waals surface area contributed by atoms with Crippen molar-refractivity contribution in [1.82, 2.24) is 25.0 Å². The fourth-order valence-electron chi connectivity index (χ4n) is 3.02. The molecule has 12 nitrogen and oxygen atoms in total. The fraction of sp³-hybridized carbons (Fsp3) is 0.250. The highest BCUT2D eigenvalue weighted by atomic mass is 32.2. The van der Waals surface area contributed by atoms with E-state index in [9.17, 15) is 23.3 Å². The predicted molar refractivity (Wildman–Crippen MR) is 118 cm³/mol. The number of carbonyl (C=O) groups is 1. The highest BCUT2D eigenvalue weighted by molar-refractivity contribution is 7.89. The monoisotopic (exact) mass is 474 g/mol. The number of nitro benzene ring substituents is 1. The van der Waals surface area contributed by atoms with Crippen LogP contribution in [0.1, 0.15) is 22.6 Å². The van der Waals surface area contributed by atoms with Gasteiger partial charge in [0.1, 0.15) is 5.75 Å². The SMILES string of the molecule is COc1cccc(-n2nnc(C(=O)NCCCNS(=O)(=O)c3ccccc3[N+](=O)[O-])c2C)c1. The molecular formula is C20H22N6O6S. The topological polar surface area (TPSA) is 158 Å². The van der Waals surface area contributed by atoms with Gasteiger partial charge in [-0.3, -0.25) is 14.9 Å². The minimum absolute atomic E-state index is 0.0237. The smallest absolute Gasteiger partial charge is 0.289 e. The fourth-order valence-corrected chi connectivity index (χ4v) is 4.26. The maximum atomic E-state index is 12.5. The van der Waals surface area contributed by atoms with Gasteiger partial charge in [0.2, 0.25) is 10.0 Å². The van der Waals surface area contributed by atoms with E-state index < -0.39 is 31.4 Å². The highest BCUT2D eigenvalue weighted by Gasteiger charge is 2.24. The number of ether oxygens (including phenoxy) is 1. The number of para-hydroxylation sites is 1. The second-order valence-electron chi connectivity index (χ2n) is 6.87. The van der Waals surface area contributed by atoms with Gasteiger partial charge in [0.05, 0.1) is 23.4 Å². The Morgan fingerprint density at radius 3 is 2.67 bits per heavy atom. The maximum absolute atomic E-state index is 12.5. The summed E-state index contributed by atoms with van der Waals surface area (Å²) < 4.78 is 33.8. The van der Waals surface area contributed by atoms with E-state index in [1.807, 2.05) is 0 Å². The lowest BCUT2D eigenvalue weighted by Gasteiger charge is -2.08. The zero-order chi connectivity index (χ0) is 24.0. The molecule has 0 aliphatic rings. The summed E-state index contributed by atoms with van der Waals surface area (Å²) in [4.78, 5) is 22.4. The second kappa shape index (κ2) is 10.2. The number of rotatable bonds is 10. The molecule has 3 aromatic rings. The summed E-state index contributed by atoms with van der Waals surface area (Å²) in [6.07, 6.45) is 0.259. The Morgan fingerprint density at radius 1 is 1.18 bits per heavy atom. The van der Waals surface area contributed by atoms with Crippen molar-refractivity contribution in [3.05, 3.63) is 70.0 Å².